The highest BCUT2D eigenvalue weighted by molar-refractivity contribution is 5.57. The van der Waals surface area contributed by atoms with Crippen LogP contribution in [0.15, 0.2) is 47.0 Å². The maximum absolute atomic E-state index is 12.7. The van der Waals surface area contributed by atoms with Crippen LogP contribution in [0.3, 0.4) is 0 Å². The Morgan fingerprint density at radius 3 is 2.48 bits per heavy atom. The van der Waals surface area contributed by atoms with Crippen molar-refractivity contribution in [1.82, 2.24) is 15.0 Å². The number of hydrogen-bond acceptors (Lipinski definition) is 5. The SMILES string of the molecule is CC(C)C(C)N1Cc2cccc(NCc3nc(-c4ccc(C(F)(F)F)cc4)no3)c2C1. The second-order valence-corrected chi connectivity index (χ2v) is 8.27. The van der Waals surface area contributed by atoms with Gasteiger partial charge in [0, 0.05) is 30.4 Å². The van der Waals surface area contributed by atoms with E-state index in [1.165, 1.54) is 23.3 Å². The van der Waals surface area contributed by atoms with E-state index in [1.54, 1.807) is 0 Å². The average Bonchev–Trinajstić information content (AvgIpc) is 3.38. The highest BCUT2D eigenvalue weighted by Gasteiger charge is 2.30. The van der Waals surface area contributed by atoms with Crippen molar-refractivity contribution in [2.24, 2.45) is 5.92 Å². The summed E-state index contributed by atoms with van der Waals surface area (Å²) >= 11 is 0. The van der Waals surface area contributed by atoms with Crippen LogP contribution < -0.4 is 5.32 Å². The van der Waals surface area contributed by atoms with Crippen LogP contribution in [0.2, 0.25) is 0 Å². The summed E-state index contributed by atoms with van der Waals surface area (Å²) in [6, 6.07) is 11.4. The van der Waals surface area contributed by atoms with Gasteiger partial charge >= 0.3 is 6.18 Å². The van der Waals surface area contributed by atoms with Gasteiger partial charge in [-0.3, -0.25) is 4.90 Å². The Bertz CT molecular complexity index is 1040. The van der Waals surface area contributed by atoms with Crippen molar-refractivity contribution < 1.29 is 17.7 Å². The molecule has 2 heterocycles. The fraction of sp³-hybridized carbons (Fsp3) is 0.391. The van der Waals surface area contributed by atoms with E-state index in [4.69, 9.17) is 4.52 Å². The average molecular weight is 430 g/mol. The lowest BCUT2D eigenvalue weighted by Gasteiger charge is -2.27. The number of benzene rings is 2. The molecule has 3 aromatic rings. The fourth-order valence-corrected chi connectivity index (χ4v) is 3.75. The first-order chi connectivity index (χ1) is 14.7. The van der Waals surface area contributed by atoms with Gasteiger partial charge in [-0.25, -0.2) is 0 Å². The third kappa shape index (κ3) is 4.58. The molecule has 31 heavy (non-hydrogen) atoms. The summed E-state index contributed by atoms with van der Waals surface area (Å²) in [6.07, 6.45) is -4.37. The van der Waals surface area contributed by atoms with Crippen molar-refractivity contribution in [2.45, 2.75) is 52.6 Å². The lowest BCUT2D eigenvalue weighted by atomic mass is 10.1. The Morgan fingerprint density at radius 2 is 1.81 bits per heavy atom. The second-order valence-electron chi connectivity index (χ2n) is 8.27. The predicted molar refractivity (Wildman–Crippen MR) is 112 cm³/mol. The van der Waals surface area contributed by atoms with E-state index in [9.17, 15) is 13.2 Å². The summed E-state index contributed by atoms with van der Waals surface area (Å²) in [5, 5.41) is 7.27. The highest BCUT2D eigenvalue weighted by Crippen LogP contribution is 2.33. The highest BCUT2D eigenvalue weighted by atomic mass is 19.4. The van der Waals surface area contributed by atoms with E-state index in [-0.39, 0.29) is 5.82 Å². The summed E-state index contributed by atoms with van der Waals surface area (Å²) in [4.78, 5) is 6.78. The fourth-order valence-electron chi connectivity index (χ4n) is 3.75. The van der Waals surface area contributed by atoms with Gasteiger partial charge in [0.05, 0.1) is 12.1 Å². The molecule has 1 N–H and O–H groups in total. The monoisotopic (exact) mass is 430 g/mol. The Morgan fingerprint density at radius 1 is 1.06 bits per heavy atom. The molecule has 2 aromatic carbocycles. The van der Waals surface area contributed by atoms with E-state index in [1.807, 2.05) is 12.1 Å². The molecule has 1 atom stereocenters. The number of halogens is 3. The predicted octanol–water partition coefficient (Wildman–Crippen LogP) is 5.73. The minimum Gasteiger partial charge on any atom is -0.376 e. The topological polar surface area (TPSA) is 54.2 Å². The van der Waals surface area contributed by atoms with Crippen molar-refractivity contribution in [3.63, 3.8) is 0 Å². The number of hydrogen-bond donors (Lipinski definition) is 1. The minimum absolute atomic E-state index is 0.265. The minimum atomic E-state index is -4.37. The van der Waals surface area contributed by atoms with Gasteiger partial charge in [0.25, 0.3) is 0 Å². The van der Waals surface area contributed by atoms with E-state index in [0.717, 1.165) is 30.9 Å². The molecule has 0 amide bonds. The van der Waals surface area contributed by atoms with Gasteiger partial charge in [0.15, 0.2) is 0 Å². The largest absolute Gasteiger partial charge is 0.416 e. The number of aromatic nitrogens is 2. The first-order valence-electron chi connectivity index (χ1n) is 10.3. The zero-order valence-corrected chi connectivity index (χ0v) is 17.7. The molecule has 1 aromatic heterocycles. The van der Waals surface area contributed by atoms with Gasteiger partial charge in [-0.05, 0) is 42.2 Å². The van der Waals surface area contributed by atoms with E-state index in [2.05, 4.69) is 47.2 Å². The maximum Gasteiger partial charge on any atom is 0.416 e. The van der Waals surface area contributed by atoms with Gasteiger partial charge < -0.3 is 9.84 Å². The van der Waals surface area contributed by atoms with Crippen molar-refractivity contribution in [3.8, 4) is 11.4 Å². The first-order valence-corrected chi connectivity index (χ1v) is 10.3. The van der Waals surface area contributed by atoms with E-state index < -0.39 is 11.7 Å². The van der Waals surface area contributed by atoms with Crippen LogP contribution in [0.1, 0.15) is 43.4 Å². The molecule has 0 aliphatic carbocycles. The molecule has 0 radical (unpaired) electrons. The normalized spacial score (nSPS) is 15.3. The van der Waals surface area contributed by atoms with E-state index in [0.29, 0.717) is 30.0 Å². The summed E-state index contributed by atoms with van der Waals surface area (Å²) in [5.41, 5.74) is 3.39. The number of anilines is 1. The molecule has 0 saturated heterocycles. The molecule has 1 aliphatic rings. The number of alkyl halides is 3. The zero-order chi connectivity index (χ0) is 22.2. The van der Waals surface area contributed by atoms with Crippen molar-refractivity contribution in [3.05, 3.63) is 65.0 Å². The number of nitrogens with zero attached hydrogens (tertiary/aromatic N) is 3. The zero-order valence-electron chi connectivity index (χ0n) is 17.7. The lowest BCUT2D eigenvalue weighted by Crippen LogP contribution is -2.32. The molecule has 0 saturated carbocycles. The molecular weight excluding hydrogens is 405 g/mol. The van der Waals surface area contributed by atoms with Crippen LogP contribution in [0, 0.1) is 5.92 Å². The molecule has 8 heteroatoms. The maximum atomic E-state index is 12.7. The third-order valence-corrected chi connectivity index (χ3v) is 5.92. The van der Waals surface area contributed by atoms with Gasteiger partial charge in [0.2, 0.25) is 11.7 Å². The van der Waals surface area contributed by atoms with Crippen LogP contribution in [0.4, 0.5) is 18.9 Å². The molecule has 0 spiro atoms. The molecule has 0 fully saturated rings. The van der Waals surface area contributed by atoms with Crippen molar-refractivity contribution in [2.75, 3.05) is 5.32 Å². The van der Waals surface area contributed by atoms with Crippen molar-refractivity contribution >= 4 is 5.69 Å². The molecule has 164 valence electrons. The summed E-state index contributed by atoms with van der Waals surface area (Å²) < 4.78 is 43.5. The molecule has 0 bridgehead atoms. The number of nitrogens with one attached hydrogen (secondary N) is 1. The van der Waals surface area contributed by atoms with Crippen LogP contribution in [0.5, 0.6) is 0 Å². The molecule has 1 unspecified atom stereocenters. The summed E-state index contributed by atoms with van der Waals surface area (Å²) in [5.74, 6) is 1.21. The quantitative estimate of drug-likeness (QED) is 0.541. The van der Waals surface area contributed by atoms with Crippen LogP contribution in [-0.4, -0.2) is 21.1 Å². The van der Waals surface area contributed by atoms with E-state index >= 15 is 0 Å². The Labute approximate surface area is 179 Å². The smallest absolute Gasteiger partial charge is 0.376 e. The van der Waals surface area contributed by atoms with Crippen LogP contribution >= 0.6 is 0 Å². The Balaban J connectivity index is 1.43. The Hall–Kier alpha value is -2.87. The Kier molecular flexibility index (Phi) is 5.75. The summed E-state index contributed by atoms with van der Waals surface area (Å²) in [7, 11) is 0. The molecule has 1 aliphatic heterocycles. The van der Waals surface area contributed by atoms with Gasteiger partial charge in [-0.2, -0.15) is 18.2 Å². The standard InChI is InChI=1S/C23H25F3N4O/c1-14(2)15(3)30-12-17-5-4-6-20(19(17)13-30)27-11-21-28-22(29-31-21)16-7-9-18(10-8-16)23(24,25)26/h4-10,14-15,27H,11-13H2,1-3H3. The van der Waals surface area contributed by atoms with Gasteiger partial charge in [-0.15, -0.1) is 0 Å². The van der Waals surface area contributed by atoms with Crippen LogP contribution in [-0.2, 0) is 25.8 Å². The number of rotatable bonds is 6. The molecule has 4 rings (SSSR count). The molecular formula is C23H25F3N4O. The second kappa shape index (κ2) is 8.34. The molecule has 5 nitrogen and oxygen atoms in total. The van der Waals surface area contributed by atoms with Gasteiger partial charge in [0.1, 0.15) is 0 Å². The third-order valence-electron chi connectivity index (χ3n) is 5.92. The first kappa shape index (κ1) is 21.4. The van der Waals surface area contributed by atoms with Crippen LogP contribution in [0.25, 0.3) is 11.4 Å². The summed E-state index contributed by atoms with van der Waals surface area (Å²) in [6.45, 7) is 8.88. The van der Waals surface area contributed by atoms with Crippen molar-refractivity contribution in [1.29, 1.82) is 0 Å². The lowest BCUT2D eigenvalue weighted by molar-refractivity contribution is -0.137. The number of fused-ring (bicyclic) bond motifs is 1. The van der Waals surface area contributed by atoms with Gasteiger partial charge in [-0.1, -0.05) is 43.3 Å².